The van der Waals surface area contributed by atoms with Crippen molar-refractivity contribution in [2.75, 3.05) is 0 Å². The van der Waals surface area contributed by atoms with Crippen LogP contribution in [0.4, 0.5) is 0 Å². The summed E-state index contributed by atoms with van der Waals surface area (Å²) >= 11 is 0. The van der Waals surface area contributed by atoms with E-state index in [1.54, 1.807) is 30.6 Å². The Morgan fingerprint density at radius 1 is 1.20 bits per heavy atom. The minimum atomic E-state index is -1.00. The van der Waals surface area contributed by atoms with Crippen molar-refractivity contribution < 1.29 is 9.90 Å². The fraction of sp³-hybridized carbons (Fsp3) is 0.111. The van der Waals surface area contributed by atoms with Gasteiger partial charge in [-0.15, -0.1) is 0 Å². The van der Waals surface area contributed by atoms with Crippen LogP contribution in [-0.4, -0.2) is 44.7 Å². The summed E-state index contributed by atoms with van der Waals surface area (Å²) in [6, 6.07) is 11.7. The Morgan fingerprint density at radius 3 is 2.68 bits per heavy atom. The van der Waals surface area contributed by atoms with Crippen LogP contribution in [0.2, 0.25) is 0 Å². The first kappa shape index (κ1) is 18.7. The van der Waals surface area contributed by atoms with Crippen LogP contribution in [0.5, 0.6) is 0 Å². The maximum absolute atomic E-state index is 12.2. The van der Waals surface area contributed by atoms with E-state index in [-0.39, 0.29) is 36.5 Å². The Balaban J connectivity index is 0.00000225. The summed E-state index contributed by atoms with van der Waals surface area (Å²) in [7, 11) is 0. The number of carbonyl (C=O) groups is 1. The monoisotopic (exact) mass is 329 g/mol. The van der Waals surface area contributed by atoms with Crippen LogP contribution in [0.1, 0.15) is 21.5 Å². The second-order valence-corrected chi connectivity index (χ2v) is 5.42. The van der Waals surface area contributed by atoms with Gasteiger partial charge in [-0.1, -0.05) is 12.1 Å². The van der Waals surface area contributed by atoms with E-state index in [2.05, 4.69) is 10.1 Å². The second kappa shape index (κ2) is 7.93. The number of aromatic carboxylic acids is 1. The molecule has 0 aliphatic carbocycles. The van der Waals surface area contributed by atoms with Gasteiger partial charge in [-0.3, -0.25) is 9.78 Å². The zero-order valence-electron chi connectivity index (χ0n) is 13.0. The molecule has 6 nitrogen and oxygen atoms in total. The van der Waals surface area contributed by atoms with Gasteiger partial charge in [0.2, 0.25) is 0 Å². The molecule has 1 N–H and O–H groups in total. The van der Waals surface area contributed by atoms with E-state index < -0.39 is 5.97 Å². The molecular formula is C18H16LiN3O3. The van der Waals surface area contributed by atoms with Crippen molar-refractivity contribution >= 4 is 24.8 Å². The molecular weight excluding hydrogens is 313 g/mol. The predicted octanol–water partition coefficient (Wildman–Crippen LogP) is 1.71. The van der Waals surface area contributed by atoms with E-state index in [1.807, 2.05) is 19.1 Å². The van der Waals surface area contributed by atoms with Crippen molar-refractivity contribution in [1.82, 2.24) is 14.8 Å². The number of pyridine rings is 1. The van der Waals surface area contributed by atoms with Crippen LogP contribution in [0, 0.1) is 6.92 Å². The number of carboxylic acids is 1. The van der Waals surface area contributed by atoms with E-state index in [4.69, 9.17) is 5.11 Å². The SMILES string of the molecule is Cc1cc(=O)n(Cc2cccc(C(=O)O)c2)nc1-c1cccnc1.[LiH]. The summed E-state index contributed by atoms with van der Waals surface area (Å²) < 4.78 is 1.33. The fourth-order valence-electron chi connectivity index (χ4n) is 2.45. The third-order valence-corrected chi connectivity index (χ3v) is 3.63. The van der Waals surface area contributed by atoms with Crippen LogP contribution in [0.3, 0.4) is 0 Å². The molecule has 0 saturated carbocycles. The van der Waals surface area contributed by atoms with Gasteiger partial charge in [-0.25, -0.2) is 9.48 Å². The predicted molar refractivity (Wildman–Crippen MR) is 96.1 cm³/mol. The summed E-state index contributed by atoms with van der Waals surface area (Å²) in [5.74, 6) is -1.00. The Morgan fingerprint density at radius 2 is 2.00 bits per heavy atom. The molecule has 0 saturated heterocycles. The molecule has 3 aromatic rings. The van der Waals surface area contributed by atoms with E-state index >= 15 is 0 Å². The first-order valence-corrected chi connectivity index (χ1v) is 7.36. The maximum atomic E-state index is 12.2. The van der Waals surface area contributed by atoms with Gasteiger partial charge in [0.05, 0.1) is 17.8 Å². The second-order valence-electron chi connectivity index (χ2n) is 5.42. The van der Waals surface area contributed by atoms with Crippen molar-refractivity contribution in [3.05, 3.63) is 81.9 Å². The van der Waals surface area contributed by atoms with Crippen LogP contribution < -0.4 is 5.56 Å². The zero-order valence-corrected chi connectivity index (χ0v) is 13.0. The molecule has 0 atom stereocenters. The number of nitrogens with zero attached hydrogens (tertiary/aromatic N) is 3. The average Bonchev–Trinajstić information content (AvgIpc) is 2.58. The van der Waals surface area contributed by atoms with E-state index in [0.29, 0.717) is 11.3 Å². The number of rotatable bonds is 4. The number of aromatic nitrogens is 3. The van der Waals surface area contributed by atoms with Crippen LogP contribution in [-0.2, 0) is 6.54 Å². The molecule has 2 heterocycles. The number of carboxylic acid groups (broad SMARTS) is 1. The molecule has 0 aliphatic heterocycles. The third kappa shape index (κ3) is 4.24. The number of hydrogen-bond donors (Lipinski definition) is 1. The molecule has 0 spiro atoms. The molecule has 122 valence electrons. The molecule has 0 amide bonds. The fourth-order valence-corrected chi connectivity index (χ4v) is 2.45. The Labute approximate surface area is 156 Å². The zero-order chi connectivity index (χ0) is 17.1. The van der Waals surface area contributed by atoms with Crippen LogP contribution in [0.15, 0.2) is 59.7 Å². The topological polar surface area (TPSA) is 85.1 Å². The number of hydrogen-bond acceptors (Lipinski definition) is 4. The van der Waals surface area contributed by atoms with Crippen molar-refractivity contribution in [1.29, 1.82) is 0 Å². The van der Waals surface area contributed by atoms with Crippen LogP contribution in [0.25, 0.3) is 11.3 Å². The molecule has 7 heteroatoms. The average molecular weight is 329 g/mol. The minimum absolute atomic E-state index is 0. The summed E-state index contributed by atoms with van der Waals surface area (Å²) in [6.45, 7) is 2.03. The van der Waals surface area contributed by atoms with E-state index in [0.717, 1.165) is 11.1 Å². The van der Waals surface area contributed by atoms with Gasteiger partial charge in [0.1, 0.15) is 0 Å². The van der Waals surface area contributed by atoms with E-state index in [1.165, 1.54) is 16.8 Å². The van der Waals surface area contributed by atoms with Crippen molar-refractivity contribution in [2.24, 2.45) is 0 Å². The van der Waals surface area contributed by atoms with E-state index in [9.17, 15) is 9.59 Å². The van der Waals surface area contributed by atoms with Crippen molar-refractivity contribution in [3.8, 4) is 11.3 Å². The van der Waals surface area contributed by atoms with Gasteiger partial charge in [0.15, 0.2) is 0 Å². The Hall–Kier alpha value is -2.68. The molecule has 0 unspecified atom stereocenters. The first-order valence-electron chi connectivity index (χ1n) is 7.36. The van der Waals surface area contributed by atoms with Gasteiger partial charge in [0.25, 0.3) is 5.56 Å². The van der Waals surface area contributed by atoms with Crippen molar-refractivity contribution in [3.63, 3.8) is 0 Å². The quantitative estimate of drug-likeness (QED) is 0.737. The molecule has 0 fully saturated rings. The molecule has 0 bridgehead atoms. The summed E-state index contributed by atoms with van der Waals surface area (Å²) in [5, 5.41) is 13.5. The summed E-state index contributed by atoms with van der Waals surface area (Å²) in [5.41, 5.74) is 2.91. The van der Waals surface area contributed by atoms with Crippen LogP contribution >= 0.6 is 0 Å². The molecule has 0 radical (unpaired) electrons. The molecule has 3 rings (SSSR count). The Bertz CT molecular complexity index is 955. The third-order valence-electron chi connectivity index (χ3n) is 3.63. The summed E-state index contributed by atoms with van der Waals surface area (Å²) in [4.78, 5) is 27.4. The van der Waals surface area contributed by atoms with Gasteiger partial charge < -0.3 is 5.11 Å². The van der Waals surface area contributed by atoms with Gasteiger partial charge in [-0.05, 0) is 42.3 Å². The molecule has 25 heavy (non-hydrogen) atoms. The molecule has 1 aromatic carbocycles. The summed E-state index contributed by atoms with van der Waals surface area (Å²) in [6.07, 6.45) is 3.36. The standard InChI is InChI=1S/C18H15N3O3.Li.H/c1-12-8-16(22)21(20-17(12)15-6-3-7-19-10-15)11-13-4-2-5-14(9-13)18(23)24;;/h2-10H,11H2,1H3,(H,23,24);;. The van der Waals surface area contributed by atoms with Gasteiger partial charge in [-0.2, -0.15) is 5.10 Å². The first-order chi connectivity index (χ1) is 11.5. The van der Waals surface area contributed by atoms with Crippen molar-refractivity contribution in [2.45, 2.75) is 13.5 Å². The molecule has 2 aromatic heterocycles. The normalized spacial score (nSPS) is 10.1. The van der Waals surface area contributed by atoms with Gasteiger partial charge >= 0.3 is 24.8 Å². The number of benzene rings is 1. The molecule has 0 aliphatic rings. The Kier molecular flexibility index (Phi) is 5.91. The number of aryl methyl sites for hydroxylation is 1. The van der Waals surface area contributed by atoms with Gasteiger partial charge in [0, 0.05) is 24.0 Å².